The van der Waals surface area contributed by atoms with Crippen molar-refractivity contribution in [1.82, 2.24) is 19.6 Å². The highest BCUT2D eigenvalue weighted by atomic mass is 16.5. The van der Waals surface area contributed by atoms with E-state index in [1.54, 1.807) is 15.4 Å². The molecular formula is C15H15N5O2. The number of carbonyl (C=O) groups is 1. The highest BCUT2D eigenvalue weighted by Crippen LogP contribution is 2.21. The monoisotopic (exact) mass is 297 g/mol. The maximum absolute atomic E-state index is 12.3. The van der Waals surface area contributed by atoms with Gasteiger partial charge < -0.3 is 10.1 Å². The van der Waals surface area contributed by atoms with E-state index in [9.17, 15) is 4.79 Å². The molecule has 0 radical (unpaired) electrons. The van der Waals surface area contributed by atoms with Gasteiger partial charge in [-0.3, -0.25) is 9.48 Å². The highest BCUT2D eigenvalue weighted by Gasteiger charge is 2.18. The van der Waals surface area contributed by atoms with E-state index in [0.717, 1.165) is 23.9 Å². The molecule has 1 aliphatic rings. The van der Waals surface area contributed by atoms with E-state index in [1.807, 2.05) is 31.4 Å². The number of hydrogen-bond acceptors (Lipinski definition) is 4. The summed E-state index contributed by atoms with van der Waals surface area (Å²) in [6.45, 7) is 1.45. The molecule has 3 aromatic rings. The number of amides is 1. The summed E-state index contributed by atoms with van der Waals surface area (Å²) in [6, 6.07) is 7.31. The number of aromatic nitrogens is 4. The molecule has 7 heteroatoms. The SMILES string of the molecule is Cn1cc2ccc(NC(=O)c3cc4n(n3)CCCO4)cc2n1. The van der Waals surface area contributed by atoms with E-state index in [1.165, 1.54) is 0 Å². The number of hydrogen-bond donors (Lipinski definition) is 1. The van der Waals surface area contributed by atoms with Crippen molar-refractivity contribution in [3.05, 3.63) is 36.2 Å². The minimum atomic E-state index is -0.249. The third kappa shape index (κ3) is 2.20. The summed E-state index contributed by atoms with van der Waals surface area (Å²) in [4.78, 5) is 12.3. The number of ether oxygens (including phenoxy) is 1. The Labute approximate surface area is 126 Å². The van der Waals surface area contributed by atoms with Crippen molar-refractivity contribution in [3.63, 3.8) is 0 Å². The highest BCUT2D eigenvalue weighted by molar-refractivity contribution is 6.03. The van der Waals surface area contributed by atoms with Gasteiger partial charge in [-0.2, -0.15) is 10.2 Å². The first-order valence-corrected chi connectivity index (χ1v) is 7.14. The van der Waals surface area contributed by atoms with E-state index in [2.05, 4.69) is 15.5 Å². The van der Waals surface area contributed by atoms with Crippen LogP contribution in [0.25, 0.3) is 10.9 Å². The molecule has 2 aromatic heterocycles. The van der Waals surface area contributed by atoms with Crippen LogP contribution in [0.3, 0.4) is 0 Å². The Morgan fingerprint density at radius 3 is 3.09 bits per heavy atom. The average molecular weight is 297 g/mol. The summed E-state index contributed by atoms with van der Waals surface area (Å²) in [5.74, 6) is 0.400. The lowest BCUT2D eigenvalue weighted by atomic mass is 10.2. The zero-order chi connectivity index (χ0) is 15.1. The van der Waals surface area contributed by atoms with Crippen LogP contribution in [0.1, 0.15) is 16.9 Å². The fourth-order valence-electron chi connectivity index (χ4n) is 2.59. The molecule has 0 unspecified atom stereocenters. The number of nitrogens with one attached hydrogen (secondary N) is 1. The minimum Gasteiger partial charge on any atom is -0.478 e. The fraction of sp³-hybridized carbons (Fsp3) is 0.267. The largest absolute Gasteiger partial charge is 0.478 e. The van der Waals surface area contributed by atoms with E-state index in [4.69, 9.17) is 4.74 Å². The lowest BCUT2D eigenvalue weighted by molar-refractivity contribution is 0.102. The molecule has 112 valence electrons. The van der Waals surface area contributed by atoms with Gasteiger partial charge in [0.15, 0.2) is 5.69 Å². The van der Waals surface area contributed by atoms with Crippen LogP contribution in [0.15, 0.2) is 30.5 Å². The van der Waals surface area contributed by atoms with Crippen molar-refractivity contribution >= 4 is 22.5 Å². The molecule has 0 atom stereocenters. The van der Waals surface area contributed by atoms with Crippen LogP contribution in [0, 0.1) is 0 Å². The molecule has 0 bridgehead atoms. The maximum atomic E-state index is 12.3. The average Bonchev–Trinajstić information content (AvgIpc) is 3.08. The summed E-state index contributed by atoms with van der Waals surface area (Å²) in [5.41, 5.74) is 1.90. The second kappa shape index (κ2) is 4.87. The number of rotatable bonds is 2. The van der Waals surface area contributed by atoms with Crippen molar-refractivity contribution < 1.29 is 9.53 Å². The van der Waals surface area contributed by atoms with Crippen LogP contribution in [0.5, 0.6) is 5.88 Å². The number of anilines is 1. The number of aryl methyl sites for hydroxylation is 2. The van der Waals surface area contributed by atoms with Crippen molar-refractivity contribution in [2.45, 2.75) is 13.0 Å². The standard InChI is InChI=1S/C15H15N5O2/c1-19-9-10-3-4-11(7-12(10)17-19)16-15(21)13-8-14-20(18-13)5-2-6-22-14/h3-4,7-9H,2,5-6H2,1H3,(H,16,21). The van der Waals surface area contributed by atoms with E-state index in [0.29, 0.717) is 23.9 Å². The summed E-state index contributed by atoms with van der Waals surface area (Å²) < 4.78 is 8.94. The van der Waals surface area contributed by atoms with Gasteiger partial charge in [0, 0.05) is 43.4 Å². The van der Waals surface area contributed by atoms with Crippen LogP contribution >= 0.6 is 0 Å². The van der Waals surface area contributed by atoms with Crippen LogP contribution in [0.4, 0.5) is 5.69 Å². The first-order valence-electron chi connectivity index (χ1n) is 7.14. The van der Waals surface area contributed by atoms with Gasteiger partial charge in [-0.25, -0.2) is 4.68 Å². The Kier molecular flexibility index (Phi) is 2.85. The fourth-order valence-corrected chi connectivity index (χ4v) is 2.59. The van der Waals surface area contributed by atoms with Gasteiger partial charge in [0.1, 0.15) is 0 Å². The molecule has 1 aliphatic heterocycles. The normalized spacial score (nSPS) is 13.7. The Hall–Kier alpha value is -2.83. The number of benzene rings is 1. The van der Waals surface area contributed by atoms with E-state index >= 15 is 0 Å². The molecule has 4 rings (SSSR count). The molecule has 3 heterocycles. The summed E-state index contributed by atoms with van der Waals surface area (Å²) in [7, 11) is 1.87. The van der Waals surface area contributed by atoms with Crippen molar-refractivity contribution in [2.75, 3.05) is 11.9 Å². The van der Waals surface area contributed by atoms with Crippen LogP contribution in [0.2, 0.25) is 0 Å². The van der Waals surface area contributed by atoms with Gasteiger partial charge in [-0.1, -0.05) is 0 Å². The molecule has 1 N–H and O–H groups in total. The summed E-state index contributed by atoms with van der Waals surface area (Å²) >= 11 is 0. The van der Waals surface area contributed by atoms with Crippen LogP contribution < -0.4 is 10.1 Å². The Bertz CT molecular complexity index is 841. The molecule has 0 fully saturated rings. The lowest BCUT2D eigenvalue weighted by Gasteiger charge is -2.13. The van der Waals surface area contributed by atoms with Gasteiger partial charge in [0.25, 0.3) is 5.91 Å². The van der Waals surface area contributed by atoms with Gasteiger partial charge in [-0.05, 0) is 18.2 Å². The number of fused-ring (bicyclic) bond motifs is 2. The second-order valence-corrected chi connectivity index (χ2v) is 5.32. The van der Waals surface area contributed by atoms with Crippen molar-refractivity contribution in [1.29, 1.82) is 0 Å². The Balaban J connectivity index is 1.58. The molecule has 0 saturated heterocycles. The van der Waals surface area contributed by atoms with Gasteiger partial charge in [-0.15, -0.1) is 0 Å². The molecular weight excluding hydrogens is 282 g/mol. The van der Waals surface area contributed by atoms with Crippen LogP contribution in [-0.2, 0) is 13.6 Å². The Morgan fingerprint density at radius 1 is 1.32 bits per heavy atom. The topological polar surface area (TPSA) is 74.0 Å². The van der Waals surface area contributed by atoms with Crippen molar-refractivity contribution in [3.8, 4) is 5.88 Å². The molecule has 22 heavy (non-hydrogen) atoms. The third-order valence-electron chi connectivity index (χ3n) is 3.62. The smallest absolute Gasteiger partial charge is 0.276 e. The first kappa shape index (κ1) is 12.9. The molecule has 0 spiro atoms. The predicted molar refractivity (Wildman–Crippen MR) is 81.0 cm³/mol. The lowest BCUT2D eigenvalue weighted by Crippen LogP contribution is -2.16. The van der Waals surface area contributed by atoms with E-state index in [-0.39, 0.29) is 5.91 Å². The molecule has 7 nitrogen and oxygen atoms in total. The molecule has 0 aliphatic carbocycles. The van der Waals surface area contributed by atoms with Gasteiger partial charge in [0.2, 0.25) is 5.88 Å². The maximum Gasteiger partial charge on any atom is 0.276 e. The van der Waals surface area contributed by atoms with Gasteiger partial charge >= 0.3 is 0 Å². The van der Waals surface area contributed by atoms with Gasteiger partial charge in [0.05, 0.1) is 12.1 Å². The quantitative estimate of drug-likeness (QED) is 0.783. The second-order valence-electron chi connectivity index (χ2n) is 5.32. The summed E-state index contributed by atoms with van der Waals surface area (Å²) in [6.07, 6.45) is 2.84. The summed E-state index contributed by atoms with van der Waals surface area (Å²) in [5, 5.41) is 12.5. The third-order valence-corrected chi connectivity index (χ3v) is 3.62. The van der Waals surface area contributed by atoms with Crippen LogP contribution in [-0.4, -0.2) is 32.1 Å². The molecule has 0 saturated carbocycles. The molecule has 1 amide bonds. The zero-order valence-electron chi connectivity index (χ0n) is 12.1. The minimum absolute atomic E-state index is 0.249. The molecule has 1 aromatic carbocycles. The van der Waals surface area contributed by atoms with E-state index < -0.39 is 0 Å². The number of carbonyl (C=O) groups excluding carboxylic acids is 1. The van der Waals surface area contributed by atoms with Crippen molar-refractivity contribution in [2.24, 2.45) is 7.05 Å². The first-order chi connectivity index (χ1) is 10.7. The zero-order valence-corrected chi connectivity index (χ0v) is 12.1. The predicted octanol–water partition coefficient (Wildman–Crippen LogP) is 1.80. The number of nitrogens with zero attached hydrogens (tertiary/aromatic N) is 4. The Morgan fingerprint density at radius 2 is 2.23 bits per heavy atom.